The van der Waals surface area contributed by atoms with E-state index in [1.165, 1.54) is 7.11 Å². The van der Waals surface area contributed by atoms with Gasteiger partial charge in [0.05, 0.1) is 18.3 Å². The summed E-state index contributed by atoms with van der Waals surface area (Å²) in [5.41, 5.74) is 1.41. The third-order valence-electron chi connectivity index (χ3n) is 14.5. The van der Waals surface area contributed by atoms with Crippen LogP contribution in [0.1, 0.15) is 132 Å². The molecule has 3 fully saturated rings. The van der Waals surface area contributed by atoms with Crippen molar-refractivity contribution in [1.29, 1.82) is 0 Å². The van der Waals surface area contributed by atoms with Gasteiger partial charge < -0.3 is 34.1 Å². The van der Waals surface area contributed by atoms with Gasteiger partial charge in [0.2, 0.25) is 0 Å². The molecule has 2 bridgehead atoms. The minimum absolute atomic E-state index is 0.0240. The first-order valence-corrected chi connectivity index (χ1v) is 23.8. The first kappa shape index (κ1) is 53.3. The smallest absolute Gasteiger partial charge is 0.329 e. The van der Waals surface area contributed by atoms with Crippen LogP contribution in [0.5, 0.6) is 0 Å². The van der Waals surface area contributed by atoms with Crippen LogP contribution in [-0.4, -0.2) is 114 Å². The van der Waals surface area contributed by atoms with E-state index in [1.807, 2.05) is 65.0 Å². The van der Waals surface area contributed by atoms with Gasteiger partial charge in [0, 0.05) is 44.9 Å². The van der Waals surface area contributed by atoms with E-state index >= 15 is 4.39 Å². The molecule has 360 valence electrons. The number of rotatable bonds is 5. The summed E-state index contributed by atoms with van der Waals surface area (Å²) in [4.78, 5) is 71.3. The number of ketones is 3. The number of piperidine rings is 1. The number of amides is 1. The van der Waals surface area contributed by atoms with Crippen LogP contribution in [0, 0.1) is 41.4 Å². The highest BCUT2D eigenvalue weighted by Gasteiger charge is 2.54. The predicted octanol–water partition coefficient (Wildman–Crippen LogP) is 7.78. The minimum atomic E-state index is -2.87. The molecule has 3 aliphatic heterocycles. The van der Waals surface area contributed by atoms with Crippen molar-refractivity contribution < 1.29 is 57.5 Å². The minimum Gasteiger partial charge on any atom is -0.460 e. The molecular weight excluding hydrogens is 822 g/mol. The van der Waals surface area contributed by atoms with Crippen molar-refractivity contribution in [2.45, 2.75) is 181 Å². The molecule has 0 spiro atoms. The van der Waals surface area contributed by atoms with Crippen molar-refractivity contribution in [3.05, 3.63) is 47.6 Å². The Labute approximate surface area is 381 Å². The fourth-order valence-corrected chi connectivity index (χ4v) is 10.0. The van der Waals surface area contributed by atoms with E-state index in [9.17, 15) is 34.2 Å². The van der Waals surface area contributed by atoms with Gasteiger partial charge in [-0.3, -0.25) is 19.2 Å². The Balaban J connectivity index is 1.69. The number of allylic oxidation sites excluding steroid dienone is 7. The van der Waals surface area contributed by atoms with E-state index in [0.29, 0.717) is 63.4 Å². The highest BCUT2D eigenvalue weighted by molar-refractivity contribution is 6.39. The number of fused-ring (bicyclic) bond motifs is 3. The normalized spacial score (nSPS) is 40.9. The number of cyclic esters (lactones) is 1. The van der Waals surface area contributed by atoms with Crippen LogP contribution in [0.2, 0.25) is 0 Å². The lowest BCUT2D eigenvalue weighted by atomic mass is 9.78. The maximum atomic E-state index is 17.0. The fourth-order valence-electron chi connectivity index (χ4n) is 10.0. The van der Waals surface area contributed by atoms with Crippen LogP contribution in [-0.2, 0) is 42.9 Å². The summed E-state index contributed by atoms with van der Waals surface area (Å²) in [6, 6.07) is -1.17. The second kappa shape index (κ2) is 24.4. The number of esters is 1. The third kappa shape index (κ3) is 13.8. The summed E-state index contributed by atoms with van der Waals surface area (Å²) in [7, 11) is 2.94. The van der Waals surface area contributed by atoms with Gasteiger partial charge in [0.1, 0.15) is 30.1 Å². The maximum absolute atomic E-state index is 17.0. The number of alkyl halides is 1. The highest BCUT2D eigenvalue weighted by atomic mass is 19.2. The van der Waals surface area contributed by atoms with Crippen LogP contribution in [0.3, 0.4) is 0 Å². The monoisotopic (exact) mass is 900 g/mol. The molecule has 1 saturated carbocycles. The SMILES string of the molecule is COC1C[C@H](C[C@@H](C)C2CC(=O)[C@H](C)/C=C(\C)C(O)C(OC)C(=O)[C@H](C)C[C@H](C)/C=C/C=C/C=C(\C)[C@@H](C)C[C@@H]3CC[C@@H](C)C(F)(O3)C(=O)C(=O)N3CCCC[C@H]3C(=O)O2)CCC1O. The molecular formula is C51H78FNO11. The molecule has 0 aromatic heterocycles. The third-order valence-corrected chi connectivity index (χ3v) is 14.5. The van der Waals surface area contributed by atoms with E-state index < -0.39 is 77.8 Å². The summed E-state index contributed by atoms with van der Waals surface area (Å²) < 4.78 is 40.3. The number of ether oxygens (including phenoxy) is 4. The zero-order chi connectivity index (χ0) is 47.5. The van der Waals surface area contributed by atoms with Crippen molar-refractivity contribution in [2.24, 2.45) is 41.4 Å². The number of hydrogen-bond donors (Lipinski definition) is 2. The Kier molecular flexibility index (Phi) is 20.3. The topological polar surface area (TPSA) is 166 Å². The molecule has 12 nitrogen and oxygen atoms in total. The number of aliphatic hydroxyl groups excluding tert-OH is 2. The number of hydrogen-bond acceptors (Lipinski definition) is 11. The fraction of sp³-hybridized carbons (Fsp3) is 0.745. The van der Waals surface area contributed by atoms with Crippen LogP contribution in [0.25, 0.3) is 0 Å². The Morgan fingerprint density at radius 1 is 0.859 bits per heavy atom. The quantitative estimate of drug-likeness (QED) is 0.157. The highest BCUT2D eigenvalue weighted by Crippen LogP contribution is 2.40. The Morgan fingerprint density at radius 2 is 1.58 bits per heavy atom. The predicted molar refractivity (Wildman–Crippen MR) is 242 cm³/mol. The summed E-state index contributed by atoms with van der Waals surface area (Å²) in [5.74, 6) is -8.92. The van der Waals surface area contributed by atoms with Crippen LogP contribution in [0.4, 0.5) is 4.39 Å². The molecule has 0 aromatic carbocycles. The molecule has 3 heterocycles. The number of carbonyl (C=O) groups is 5. The number of Topliss-reactive ketones (excluding diaryl/α,β-unsaturated/α-hetero) is 3. The van der Waals surface area contributed by atoms with Crippen molar-refractivity contribution in [3.8, 4) is 0 Å². The van der Waals surface area contributed by atoms with Crippen LogP contribution in [0.15, 0.2) is 47.6 Å². The maximum Gasteiger partial charge on any atom is 0.329 e. The molecule has 64 heavy (non-hydrogen) atoms. The molecule has 4 aliphatic rings. The van der Waals surface area contributed by atoms with Crippen LogP contribution >= 0.6 is 0 Å². The number of halogens is 1. The van der Waals surface area contributed by atoms with Gasteiger partial charge in [-0.05, 0) is 114 Å². The average molecular weight is 900 g/mol. The largest absolute Gasteiger partial charge is 0.460 e. The Bertz CT molecular complexity index is 1740. The molecule has 1 aliphatic carbocycles. The molecule has 1 amide bonds. The second-order valence-corrected chi connectivity index (χ2v) is 19.7. The van der Waals surface area contributed by atoms with Gasteiger partial charge in [-0.25, -0.2) is 9.18 Å². The molecule has 4 rings (SSSR count). The number of aliphatic hydroxyl groups is 2. The summed E-state index contributed by atoms with van der Waals surface area (Å²) in [5, 5.41) is 21.9. The van der Waals surface area contributed by atoms with Crippen LogP contribution < -0.4 is 0 Å². The van der Waals surface area contributed by atoms with Crippen molar-refractivity contribution in [1.82, 2.24) is 4.90 Å². The first-order valence-electron chi connectivity index (χ1n) is 23.8. The van der Waals surface area contributed by atoms with Crippen molar-refractivity contribution in [3.63, 3.8) is 0 Å². The van der Waals surface area contributed by atoms with Crippen molar-refractivity contribution in [2.75, 3.05) is 20.8 Å². The van der Waals surface area contributed by atoms with E-state index in [-0.39, 0.29) is 60.7 Å². The lowest BCUT2D eigenvalue weighted by Crippen LogP contribution is -2.59. The average Bonchev–Trinajstić information content (AvgIpc) is 3.26. The van der Waals surface area contributed by atoms with Gasteiger partial charge in [-0.2, -0.15) is 0 Å². The molecule has 15 atom stereocenters. The molecule has 0 aromatic rings. The first-order chi connectivity index (χ1) is 30.2. The lowest BCUT2D eigenvalue weighted by Gasteiger charge is -2.41. The molecule has 2 saturated heterocycles. The summed E-state index contributed by atoms with van der Waals surface area (Å²) in [6.07, 6.45) is 11.7. The zero-order valence-corrected chi connectivity index (χ0v) is 40.1. The molecule has 2 N–H and O–H groups in total. The lowest BCUT2D eigenvalue weighted by molar-refractivity contribution is -0.230. The number of nitrogens with zero attached hydrogens (tertiary/aromatic N) is 1. The standard InChI is InChI=1S/C51H78FNO11/c1-30-16-12-11-13-17-31(2)32(3)27-39-21-19-37(8)51(52,64-39)48(58)49(59)53-23-15-14-18-40(53)50(60)63-43(34(5)26-38-20-22-41(54)44(28-38)61-9)29-42(55)33(4)25-36(7)46(57)47(62-10)45(56)35(6)24-30/h11-13,16-17,25,30,32-35,37-41,43-44,46-47,54,57H,14-15,18-24,26-29H2,1-10H3/b13-11+,16-12+,31-17+,36-25+/t30-,32+,33-,34-,35-,37-,38+,39+,40+,41?,43?,44?,46?,47?,51?/m1/s1. The second-order valence-electron chi connectivity index (χ2n) is 19.7. The molecule has 13 heteroatoms. The van der Waals surface area contributed by atoms with Crippen molar-refractivity contribution >= 4 is 29.2 Å². The molecule has 6 unspecified atom stereocenters. The molecule has 0 radical (unpaired) electrons. The Hall–Kier alpha value is -3.36. The number of carbonyl (C=O) groups excluding carboxylic acids is 5. The Morgan fingerprint density at radius 3 is 2.27 bits per heavy atom. The van der Waals surface area contributed by atoms with E-state index in [2.05, 4.69) is 0 Å². The summed E-state index contributed by atoms with van der Waals surface area (Å²) in [6.45, 7) is 14.7. The van der Waals surface area contributed by atoms with Gasteiger partial charge in [-0.1, -0.05) is 83.6 Å². The van der Waals surface area contributed by atoms with Gasteiger partial charge >= 0.3 is 5.97 Å². The van der Waals surface area contributed by atoms with Gasteiger partial charge in [0.15, 0.2) is 5.78 Å². The van der Waals surface area contributed by atoms with Gasteiger partial charge in [-0.15, -0.1) is 0 Å². The number of methoxy groups -OCH3 is 2. The van der Waals surface area contributed by atoms with E-state index in [1.54, 1.807) is 34.0 Å². The van der Waals surface area contributed by atoms with Gasteiger partial charge in [0.25, 0.3) is 17.5 Å². The zero-order valence-electron chi connectivity index (χ0n) is 40.1. The van der Waals surface area contributed by atoms with E-state index in [0.717, 1.165) is 16.9 Å². The van der Waals surface area contributed by atoms with E-state index in [4.69, 9.17) is 18.9 Å². The summed E-state index contributed by atoms with van der Waals surface area (Å²) >= 11 is 0.